The van der Waals surface area contributed by atoms with Crippen molar-refractivity contribution in [3.63, 3.8) is 0 Å². The molecule has 0 aliphatic carbocycles. The number of carbonyl (C=O) groups excluding carboxylic acids is 1. The zero-order valence-corrected chi connectivity index (χ0v) is 13.4. The number of hydrogen-bond donors (Lipinski definition) is 2. The third-order valence-corrected chi connectivity index (χ3v) is 3.55. The number of amides is 1. The van der Waals surface area contributed by atoms with Crippen molar-refractivity contribution in [2.75, 3.05) is 7.11 Å². The van der Waals surface area contributed by atoms with Crippen LogP contribution in [-0.2, 0) is 4.79 Å². The summed E-state index contributed by atoms with van der Waals surface area (Å²) in [7, 11) is 1.58. The summed E-state index contributed by atoms with van der Waals surface area (Å²) in [5.41, 5.74) is 3.61. The van der Waals surface area contributed by atoms with Crippen molar-refractivity contribution >= 4 is 28.1 Å². The SMILES string of the molecule is COc1ccc(C=NNC(=O)C(O)c2ccccc2)cc1Br. The lowest BCUT2D eigenvalue weighted by Gasteiger charge is -2.08. The minimum Gasteiger partial charge on any atom is -0.496 e. The fourth-order valence-corrected chi connectivity index (χ4v) is 2.34. The fraction of sp³-hybridized carbons (Fsp3) is 0.125. The maximum Gasteiger partial charge on any atom is 0.273 e. The number of halogens is 1. The summed E-state index contributed by atoms with van der Waals surface area (Å²) >= 11 is 3.37. The second-order valence-electron chi connectivity index (χ2n) is 4.44. The molecule has 0 heterocycles. The number of hydrazone groups is 1. The van der Waals surface area contributed by atoms with Gasteiger partial charge in [0.2, 0.25) is 0 Å². The largest absolute Gasteiger partial charge is 0.496 e. The van der Waals surface area contributed by atoms with Crippen LogP contribution in [0.25, 0.3) is 0 Å². The summed E-state index contributed by atoms with van der Waals surface area (Å²) in [5, 5.41) is 13.7. The Balaban J connectivity index is 1.97. The summed E-state index contributed by atoms with van der Waals surface area (Å²) < 4.78 is 5.92. The van der Waals surface area contributed by atoms with Crippen LogP contribution < -0.4 is 10.2 Å². The Morgan fingerprint density at radius 2 is 2.05 bits per heavy atom. The third-order valence-electron chi connectivity index (χ3n) is 2.93. The highest BCUT2D eigenvalue weighted by Gasteiger charge is 2.15. The number of hydrogen-bond acceptors (Lipinski definition) is 4. The number of nitrogens with zero attached hydrogens (tertiary/aromatic N) is 1. The molecule has 0 saturated heterocycles. The van der Waals surface area contributed by atoms with Crippen LogP contribution in [0.3, 0.4) is 0 Å². The first-order valence-electron chi connectivity index (χ1n) is 6.51. The average molecular weight is 363 g/mol. The Morgan fingerprint density at radius 3 is 2.68 bits per heavy atom. The van der Waals surface area contributed by atoms with Gasteiger partial charge in [-0.1, -0.05) is 30.3 Å². The number of aliphatic hydroxyl groups excluding tert-OH is 1. The van der Waals surface area contributed by atoms with Crippen LogP contribution in [0.1, 0.15) is 17.2 Å². The smallest absolute Gasteiger partial charge is 0.273 e. The first kappa shape index (κ1) is 16.2. The van der Waals surface area contributed by atoms with Crippen molar-refractivity contribution < 1.29 is 14.6 Å². The number of methoxy groups -OCH3 is 1. The molecule has 5 nitrogen and oxygen atoms in total. The molecule has 2 N–H and O–H groups in total. The van der Waals surface area contributed by atoms with Crippen molar-refractivity contribution in [1.82, 2.24) is 5.43 Å². The van der Waals surface area contributed by atoms with Crippen LogP contribution >= 0.6 is 15.9 Å². The number of ether oxygens (including phenoxy) is 1. The quantitative estimate of drug-likeness (QED) is 0.634. The van der Waals surface area contributed by atoms with E-state index in [4.69, 9.17) is 4.74 Å². The molecule has 2 aromatic carbocycles. The van der Waals surface area contributed by atoms with E-state index < -0.39 is 12.0 Å². The maximum absolute atomic E-state index is 11.8. The fourth-order valence-electron chi connectivity index (χ4n) is 1.78. The first-order valence-corrected chi connectivity index (χ1v) is 7.30. The highest BCUT2D eigenvalue weighted by Crippen LogP contribution is 2.24. The molecule has 2 rings (SSSR count). The highest BCUT2D eigenvalue weighted by atomic mass is 79.9. The molecule has 0 fully saturated rings. The molecular formula is C16H15BrN2O3. The monoisotopic (exact) mass is 362 g/mol. The molecular weight excluding hydrogens is 348 g/mol. The normalized spacial score (nSPS) is 12.1. The number of benzene rings is 2. The van der Waals surface area contributed by atoms with Crippen molar-refractivity contribution in [2.24, 2.45) is 5.10 Å². The molecule has 2 aromatic rings. The van der Waals surface area contributed by atoms with Crippen LogP contribution in [0.5, 0.6) is 5.75 Å². The van der Waals surface area contributed by atoms with E-state index in [9.17, 15) is 9.90 Å². The number of aliphatic hydroxyl groups is 1. The van der Waals surface area contributed by atoms with Crippen LogP contribution in [0.15, 0.2) is 58.1 Å². The molecule has 0 spiro atoms. The van der Waals surface area contributed by atoms with E-state index in [0.29, 0.717) is 11.3 Å². The predicted molar refractivity (Wildman–Crippen MR) is 87.8 cm³/mol. The summed E-state index contributed by atoms with van der Waals surface area (Å²) in [6, 6.07) is 14.1. The summed E-state index contributed by atoms with van der Waals surface area (Å²) in [5.74, 6) is 0.121. The minimum absolute atomic E-state index is 0.516. The van der Waals surface area contributed by atoms with Gasteiger partial charge in [0.05, 0.1) is 17.8 Å². The van der Waals surface area contributed by atoms with E-state index in [0.717, 1.165) is 10.0 Å². The van der Waals surface area contributed by atoms with Gasteiger partial charge in [0.1, 0.15) is 5.75 Å². The predicted octanol–water partition coefficient (Wildman–Crippen LogP) is 2.64. The van der Waals surface area contributed by atoms with Gasteiger partial charge in [-0.05, 0) is 45.3 Å². The van der Waals surface area contributed by atoms with Gasteiger partial charge in [-0.2, -0.15) is 5.10 Å². The Labute approximate surface area is 136 Å². The van der Waals surface area contributed by atoms with E-state index in [1.807, 2.05) is 12.1 Å². The second-order valence-corrected chi connectivity index (χ2v) is 5.30. The highest BCUT2D eigenvalue weighted by molar-refractivity contribution is 9.10. The van der Waals surface area contributed by atoms with Crippen molar-refractivity contribution in [1.29, 1.82) is 0 Å². The molecule has 1 amide bonds. The minimum atomic E-state index is -1.25. The van der Waals surface area contributed by atoms with Gasteiger partial charge in [-0.3, -0.25) is 4.79 Å². The van der Waals surface area contributed by atoms with Gasteiger partial charge in [-0.25, -0.2) is 5.43 Å². The Morgan fingerprint density at radius 1 is 1.32 bits per heavy atom. The summed E-state index contributed by atoms with van der Waals surface area (Å²) in [4.78, 5) is 11.8. The van der Waals surface area contributed by atoms with E-state index in [-0.39, 0.29) is 0 Å². The van der Waals surface area contributed by atoms with E-state index in [1.54, 1.807) is 43.5 Å². The topological polar surface area (TPSA) is 70.9 Å². The van der Waals surface area contributed by atoms with Gasteiger partial charge in [0, 0.05) is 0 Å². The average Bonchev–Trinajstić information content (AvgIpc) is 2.55. The Kier molecular flexibility index (Phi) is 5.68. The van der Waals surface area contributed by atoms with E-state index >= 15 is 0 Å². The maximum atomic E-state index is 11.8. The molecule has 1 atom stereocenters. The van der Waals surface area contributed by atoms with E-state index in [2.05, 4.69) is 26.5 Å². The zero-order valence-electron chi connectivity index (χ0n) is 11.9. The van der Waals surface area contributed by atoms with E-state index in [1.165, 1.54) is 6.21 Å². The van der Waals surface area contributed by atoms with Crippen LogP contribution in [0, 0.1) is 0 Å². The number of rotatable bonds is 5. The Hall–Kier alpha value is -2.18. The molecule has 114 valence electrons. The molecule has 0 radical (unpaired) electrons. The molecule has 22 heavy (non-hydrogen) atoms. The van der Waals surface area contributed by atoms with Gasteiger partial charge >= 0.3 is 0 Å². The molecule has 1 unspecified atom stereocenters. The molecule has 0 bridgehead atoms. The Bertz CT molecular complexity index is 674. The van der Waals surface area contributed by atoms with Gasteiger partial charge in [0.25, 0.3) is 5.91 Å². The van der Waals surface area contributed by atoms with Gasteiger partial charge < -0.3 is 9.84 Å². The van der Waals surface area contributed by atoms with Crippen LogP contribution in [0.4, 0.5) is 0 Å². The zero-order chi connectivity index (χ0) is 15.9. The van der Waals surface area contributed by atoms with Crippen molar-refractivity contribution in [3.05, 3.63) is 64.1 Å². The number of carbonyl (C=O) groups is 1. The van der Waals surface area contributed by atoms with Crippen molar-refractivity contribution in [3.8, 4) is 5.75 Å². The summed E-state index contributed by atoms with van der Waals surface area (Å²) in [6.07, 6.45) is 0.237. The lowest BCUT2D eigenvalue weighted by molar-refractivity contribution is -0.129. The van der Waals surface area contributed by atoms with Gasteiger partial charge in [0.15, 0.2) is 6.10 Å². The van der Waals surface area contributed by atoms with Crippen LogP contribution in [-0.4, -0.2) is 24.3 Å². The van der Waals surface area contributed by atoms with Gasteiger partial charge in [-0.15, -0.1) is 0 Å². The molecule has 0 saturated carbocycles. The second kappa shape index (κ2) is 7.72. The van der Waals surface area contributed by atoms with Crippen LogP contribution in [0.2, 0.25) is 0 Å². The molecule has 0 aliphatic rings. The van der Waals surface area contributed by atoms with Crippen molar-refractivity contribution in [2.45, 2.75) is 6.10 Å². The first-order chi connectivity index (χ1) is 10.6. The molecule has 6 heteroatoms. The molecule has 0 aromatic heterocycles. The number of nitrogens with one attached hydrogen (secondary N) is 1. The third kappa shape index (κ3) is 4.16. The standard InChI is InChI=1S/C16H15BrN2O3/c1-22-14-8-7-11(9-13(14)17)10-18-19-16(21)15(20)12-5-3-2-4-6-12/h2-10,15,20H,1H3,(H,19,21). The summed E-state index contributed by atoms with van der Waals surface area (Å²) in [6.45, 7) is 0. The lowest BCUT2D eigenvalue weighted by Crippen LogP contribution is -2.25. The lowest BCUT2D eigenvalue weighted by atomic mass is 10.1. The molecule has 0 aliphatic heterocycles.